The Morgan fingerprint density at radius 2 is 2.38 bits per heavy atom. The first kappa shape index (κ1) is 10.5. The van der Waals surface area contributed by atoms with E-state index >= 15 is 0 Å². The van der Waals surface area contributed by atoms with E-state index in [9.17, 15) is 4.79 Å². The second-order valence-electron chi connectivity index (χ2n) is 3.51. The van der Waals surface area contributed by atoms with Crippen molar-refractivity contribution in [2.24, 2.45) is 5.73 Å². The highest BCUT2D eigenvalue weighted by atomic mass is 16.5. The van der Waals surface area contributed by atoms with Crippen molar-refractivity contribution in [1.29, 1.82) is 0 Å². The molecule has 1 saturated heterocycles. The predicted octanol–water partition coefficient (Wildman–Crippen LogP) is 0.444. The predicted molar refractivity (Wildman–Crippen MR) is 48.2 cm³/mol. The van der Waals surface area contributed by atoms with Gasteiger partial charge in [0.15, 0.2) is 0 Å². The lowest BCUT2D eigenvalue weighted by Crippen LogP contribution is -2.36. The van der Waals surface area contributed by atoms with Gasteiger partial charge in [-0.2, -0.15) is 0 Å². The second-order valence-corrected chi connectivity index (χ2v) is 3.51. The topological polar surface area (TPSA) is 61.5 Å². The summed E-state index contributed by atoms with van der Waals surface area (Å²) in [6.45, 7) is 2.02. The van der Waals surface area contributed by atoms with Crippen LogP contribution < -0.4 is 5.73 Å². The van der Waals surface area contributed by atoms with Crippen LogP contribution in [0.4, 0.5) is 0 Å². The number of methoxy groups -OCH3 is 1. The summed E-state index contributed by atoms with van der Waals surface area (Å²) < 4.78 is 10.1. The van der Waals surface area contributed by atoms with Gasteiger partial charge >= 0.3 is 5.97 Å². The Balaban J connectivity index is 2.31. The first-order valence-corrected chi connectivity index (χ1v) is 4.61. The van der Waals surface area contributed by atoms with Crippen molar-refractivity contribution in [2.45, 2.75) is 44.4 Å². The van der Waals surface area contributed by atoms with Gasteiger partial charge in [0, 0.05) is 6.04 Å². The molecule has 1 aliphatic heterocycles. The first-order chi connectivity index (χ1) is 6.13. The molecular weight excluding hydrogens is 170 g/mol. The molecule has 1 heterocycles. The highest BCUT2D eigenvalue weighted by Crippen LogP contribution is 2.22. The normalized spacial score (nSPS) is 30.1. The Kier molecular flexibility index (Phi) is 3.69. The van der Waals surface area contributed by atoms with E-state index in [0.717, 1.165) is 12.8 Å². The Morgan fingerprint density at radius 3 is 2.85 bits per heavy atom. The van der Waals surface area contributed by atoms with Crippen molar-refractivity contribution in [2.75, 3.05) is 7.11 Å². The van der Waals surface area contributed by atoms with E-state index in [1.165, 1.54) is 7.11 Å². The quantitative estimate of drug-likeness (QED) is 0.651. The van der Waals surface area contributed by atoms with Crippen LogP contribution in [0, 0.1) is 0 Å². The van der Waals surface area contributed by atoms with Crippen LogP contribution in [-0.2, 0) is 14.3 Å². The average Bonchev–Trinajstić information content (AvgIpc) is 2.51. The number of nitrogens with two attached hydrogens (primary N) is 1. The van der Waals surface area contributed by atoms with Gasteiger partial charge < -0.3 is 15.2 Å². The van der Waals surface area contributed by atoms with Crippen LogP contribution in [-0.4, -0.2) is 31.3 Å². The van der Waals surface area contributed by atoms with Gasteiger partial charge in [0.2, 0.25) is 0 Å². The van der Waals surface area contributed by atoms with Crippen molar-refractivity contribution in [1.82, 2.24) is 0 Å². The minimum Gasteiger partial charge on any atom is -0.469 e. The molecule has 0 radical (unpaired) electrons. The lowest BCUT2D eigenvalue weighted by atomic mass is 10.1. The largest absolute Gasteiger partial charge is 0.469 e. The molecule has 0 aromatic heterocycles. The zero-order valence-corrected chi connectivity index (χ0v) is 8.16. The number of rotatable bonds is 3. The second kappa shape index (κ2) is 4.58. The molecule has 13 heavy (non-hydrogen) atoms. The van der Waals surface area contributed by atoms with Crippen molar-refractivity contribution in [3.8, 4) is 0 Å². The fraction of sp³-hybridized carbons (Fsp3) is 0.889. The van der Waals surface area contributed by atoms with Crippen molar-refractivity contribution in [3.63, 3.8) is 0 Å². The summed E-state index contributed by atoms with van der Waals surface area (Å²) in [7, 11) is 1.37. The minimum absolute atomic E-state index is 0.0223. The van der Waals surface area contributed by atoms with E-state index in [-0.39, 0.29) is 30.6 Å². The number of carbonyl (C=O) groups is 1. The summed E-state index contributed by atoms with van der Waals surface area (Å²) >= 11 is 0. The molecule has 4 nitrogen and oxygen atoms in total. The summed E-state index contributed by atoms with van der Waals surface area (Å²) in [6.07, 6.45) is 2.51. The van der Waals surface area contributed by atoms with Crippen LogP contribution >= 0.6 is 0 Å². The molecule has 0 aromatic carbocycles. The summed E-state index contributed by atoms with van der Waals surface area (Å²) in [4.78, 5) is 10.9. The molecule has 2 N–H and O–H groups in total. The molecule has 1 aliphatic rings. The molecule has 3 unspecified atom stereocenters. The van der Waals surface area contributed by atoms with Gasteiger partial charge in [0.05, 0.1) is 25.7 Å². The van der Waals surface area contributed by atoms with Crippen LogP contribution in [0.5, 0.6) is 0 Å². The van der Waals surface area contributed by atoms with Gasteiger partial charge in [-0.05, 0) is 19.8 Å². The molecule has 4 heteroatoms. The third-order valence-electron chi connectivity index (χ3n) is 2.37. The summed E-state index contributed by atoms with van der Waals surface area (Å²) in [5.41, 5.74) is 5.79. The molecule has 0 bridgehead atoms. The van der Waals surface area contributed by atoms with E-state index in [1.807, 2.05) is 6.92 Å². The molecule has 0 amide bonds. The SMILES string of the molecule is COC(=O)CC(N)C1CCC(C)O1. The van der Waals surface area contributed by atoms with Gasteiger partial charge in [-0.25, -0.2) is 0 Å². The fourth-order valence-corrected chi connectivity index (χ4v) is 1.56. The van der Waals surface area contributed by atoms with Crippen LogP contribution in [0.15, 0.2) is 0 Å². The van der Waals surface area contributed by atoms with Crippen LogP contribution in [0.1, 0.15) is 26.2 Å². The van der Waals surface area contributed by atoms with Crippen LogP contribution in [0.2, 0.25) is 0 Å². The van der Waals surface area contributed by atoms with Gasteiger partial charge in [-0.3, -0.25) is 4.79 Å². The van der Waals surface area contributed by atoms with Gasteiger partial charge in [0.25, 0.3) is 0 Å². The van der Waals surface area contributed by atoms with Crippen LogP contribution in [0.3, 0.4) is 0 Å². The highest BCUT2D eigenvalue weighted by molar-refractivity contribution is 5.69. The molecule has 0 spiro atoms. The molecular formula is C9H17NO3. The Morgan fingerprint density at radius 1 is 1.69 bits per heavy atom. The lowest BCUT2D eigenvalue weighted by molar-refractivity contribution is -0.141. The van der Waals surface area contributed by atoms with Crippen molar-refractivity contribution in [3.05, 3.63) is 0 Å². The number of hydrogen-bond acceptors (Lipinski definition) is 4. The molecule has 0 aromatic rings. The van der Waals surface area contributed by atoms with Gasteiger partial charge in [-0.1, -0.05) is 0 Å². The molecule has 1 rings (SSSR count). The van der Waals surface area contributed by atoms with Gasteiger partial charge in [0.1, 0.15) is 0 Å². The summed E-state index contributed by atoms with van der Waals surface area (Å²) in [6, 6.07) is -0.225. The van der Waals surface area contributed by atoms with E-state index in [2.05, 4.69) is 4.74 Å². The monoisotopic (exact) mass is 187 g/mol. The zero-order valence-electron chi connectivity index (χ0n) is 8.16. The summed E-state index contributed by atoms with van der Waals surface area (Å²) in [5.74, 6) is -0.268. The van der Waals surface area contributed by atoms with E-state index in [0.29, 0.717) is 0 Å². The van der Waals surface area contributed by atoms with Crippen molar-refractivity contribution >= 4 is 5.97 Å². The maximum absolute atomic E-state index is 10.9. The fourth-order valence-electron chi connectivity index (χ4n) is 1.56. The maximum Gasteiger partial charge on any atom is 0.307 e. The Hall–Kier alpha value is -0.610. The third kappa shape index (κ3) is 2.97. The number of hydrogen-bond donors (Lipinski definition) is 1. The van der Waals surface area contributed by atoms with Gasteiger partial charge in [-0.15, -0.1) is 0 Å². The number of carbonyl (C=O) groups excluding carboxylic acids is 1. The maximum atomic E-state index is 10.9. The Bertz CT molecular complexity index is 184. The molecule has 0 aliphatic carbocycles. The zero-order chi connectivity index (χ0) is 9.84. The average molecular weight is 187 g/mol. The summed E-state index contributed by atoms with van der Waals surface area (Å²) in [5, 5.41) is 0. The van der Waals surface area contributed by atoms with Crippen LogP contribution in [0.25, 0.3) is 0 Å². The Labute approximate surface area is 78.4 Å². The molecule has 3 atom stereocenters. The highest BCUT2D eigenvalue weighted by Gasteiger charge is 2.28. The standard InChI is InChI=1S/C9H17NO3/c1-6-3-4-8(13-6)7(10)5-9(11)12-2/h6-8H,3-5,10H2,1-2H3. The molecule has 0 saturated carbocycles. The number of esters is 1. The molecule has 76 valence electrons. The molecule has 1 fully saturated rings. The van der Waals surface area contributed by atoms with Crippen molar-refractivity contribution < 1.29 is 14.3 Å². The third-order valence-corrected chi connectivity index (χ3v) is 2.37. The smallest absolute Gasteiger partial charge is 0.307 e. The van der Waals surface area contributed by atoms with E-state index in [4.69, 9.17) is 10.5 Å². The number of ether oxygens (including phenoxy) is 2. The van der Waals surface area contributed by atoms with E-state index < -0.39 is 0 Å². The van der Waals surface area contributed by atoms with E-state index in [1.54, 1.807) is 0 Å². The lowest BCUT2D eigenvalue weighted by Gasteiger charge is -2.17. The first-order valence-electron chi connectivity index (χ1n) is 4.61. The minimum atomic E-state index is -0.268.